The monoisotopic (exact) mass is 1220 g/mol. The number of aliphatic carboxylic acids is 1. The molecule has 0 radical (unpaired) electrons. The van der Waals surface area contributed by atoms with E-state index >= 15 is 8.78 Å². The molecular weight excluding hydrogens is 1160 g/mol. The number of fused-ring (bicyclic) bond motifs is 4. The van der Waals surface area contributed by atoms with E-state index in [-0.39, 0.29) is 97.6 Å². The van der Waals surface area contributed by atoms with Crippen molar-refractivity contribution < 1.29 is 80.1 Å². The minimum Gasteiger partial charge on any atom is -0.547 e. The van der Waals surface area contributed by atoms with Crippen LogP contribution in [0.4, 0.5) is 43.7 Å². The Kier molecular flexibility index (Phi) is 16.9. The number of thiazole rings is 1. The summed E-state index contributed by atoms with van der Waals surface area (Å²) in [5, 5.41) is 26.2. The van der Waals surface area contributed by atoms with Gasteiger partial charge in [0, 0.05) is 122 Å². The number of nitrogens with one attached hydrogen (secondary N) is 1. The van der Waals surface area contributed by atoms with Crippen molar-refractivity contribution in [2.75, 3.05) is 67.5 Å². The second-order valence-electron chi connectivity index (χ2n) is 23.2. The summed E-state index contributed by atoms with van der Waals surface area (Å²) in [6, 6.07) is 18.0. The van der Waals surface area contributed by atoms with Crippen LogP contribution >= 0.6 is 11.3 Å². The van der Waals surface area contributed by atoms with Crippen LogP contribution in [0.15, 0.2) is 97.0 Å². The zero-order valence-electron chi connectivity index (χ0n) is 48.5. The van der Waals surface area contributed by atoms with E-state index in [9.17, 15) is 47.8 Å². The number of carboxylic acids is 1. The average molecular weight is 1220 g/mol. The van der Waals surface area contributed by atoms with Crippen molar-refractivity contribution in [2.45, 2.75) is 89.8 Å². The first kappa shape index (κ1) is 60.9. The zero-order valence-corrected chi connectivity index (χ0v) is 49.3. The van der Waals surface area contributed by atoms with Crippen LogP contribution < -0.4 is 39.1 Å². The van der Waals surface area contributed by atoms with Crippen molar-refractivity contribution in [3.05, 3.63) is 154 Å². The molecule has 5 amide bonds. The van der Waals surface area contributed by atoms with Crippen LogP contribution in [0.5, 0.6) is 0 Å². The summed E-state index contributed by atoms with van der Waals surface area (Å²) in [6.45, 7) is 9.51. The largest absolute Gasteiger partial charge is 1.00 e. The number of hydrogen-bond donors (Lipinski definition) is 2. The Bertz CT molecular complexity index is 3850. The Morgan fingerprint density at radius 3 is 1.55 bits per heavy atom. The minimum absolute atomic E-state index is 0. The first-order valence-electron chi connectivity index (χ1n) is 28.4. The van der Waals surface area contributed by atoms with E-state index in [1.54, 1.807) is 27.0 Å². The fraction of sp³-hybridized carbons (Fsp3) is 0.361. The van der Waals surface area contributed by atoms with E-state index in [2.05, 4.69) is 30.1 Å². The van der Waals surface area contributed by atoms with Gasteiger partial charge in [-0.25, -0.2) is 42.1 Å². The van der Waals surface area contributed by atoms with Gasteiger partial charge in [0.15, 0.2) is 11.2 Å². The number of anilines is 3. The predicted octanol–water partition coefficient (Wildman–Crippen LogP) is 4.27. The number of carbonyl (C=O) groups is 6. The van der Waals surface area contributed by atoms with Gasteiger partial charge in [-0.2, -0.15) is 0 Å². The third kappa shape index (κ3) is 12.0. The maximum Gasteiger partial charge on any atom is 1.00 e. The Balaban J connectivity index is 0.000000180. The molecule has 9 heterocycles. The molecule has 2 N–H and O–H groups in total. The molecule has 4 atom stereocenters. The normalized spacial score (nSPS) is 18.4. The number of alkyl halides is 2. The number of hydrogen-bond acceptors (Lipinski definition) is 14. The number of rotatable bonds is 11. The molecule has 2 saturated heterocycles. The van der Waals surface area contributed by atoms with E-state index in [1.165, 1.54) is 56.7 Å². The number of ether oxygens (including phenoxy) is 1. The molecule has 7 aromatic rings. The van der Waals surface area contributed by atoms with Crippen LogP contribution in [-0.2, 0) is 53.3 Å². The molecule has 4 aromatic carbocycles. The molecule has 452 valence electrons. The van der Waals surface area contributed by atoms with Crippen molar-refractivity contribution in [2.24, 2.45) is 0 Å². The first-order chi connectivity index (χ1) is 41.7. The number of nitrogens with zero attached hydrogens (tertiary/aromatic N) is 11. The standard InChI is InChI=1S/C31H33F2N5O5.C30H27F2N7O4S.Li/c1-31(2,3)43-30(42)36-10-8-35(9-11-36)21-6-4-18(5-7-21)19-12-22-23(24(33)13-19)16-38(28(22)39)27(29(40)41)26-25-14-20(32)15-37(25)17-34-26;31-19-13-24-25(34-16-38(24)14-19)26(27(40)35-29-33-5-10-44-29)39-15-22-21(28(39)41)11-18(12-23(22)32)17-1-3-20(4-2-17)36-6-8-37(9-7-36)30(42)43;/h4-7,12-13,17,20,27H,8-11,14-16H2,1-3H3,(H,40,41);1-5,10-12,16,19,26H,6-9,13-15H2,(H,42,43)(H,33,35,40);/q;;+1/p-1/t20-,27?;19-,26?;/m11./s1. The molecule has 2 unspecified atom stereocenters. The number of amides is 5. The second kappa shape index (κ2) is 24.4. The zero-order chi connectivity index (χ0) is 61.2. The predicted molar refractivity (Wildman–Crippen MR) is 308 cm³/mol. The van der Waals surface area contributed by atoms with Gasteiger partial charge in [-0.15, -0.1) is 11.3 Å². The number of aromatic nitrogens is 5. The average Bonchev–Trinajstić information content (AvgIpc) is 3.17. The van der Waals surface area contributed by atoms with E-state index in [0.29, 0.717) is 91.1 Å². The van der Waals surface area contributed by atoms with Gasteiger partial charge >= 0.3 is 31.0 Å². The molecule has 0 aliphatic carbocycles. The van der Waals surface area contributed by atoms with Gasteiger partial charge in [0.05, 0.1) is 56.2 Å². The molecule has 0 spiro atoms. The molecule has 6 aliphatic heterocycles. The van der Waals surface area contributed by atoms with Gasteiger partial charge < -0.3 is 58.3 Å². The maximum absolute atomic E-state index is 15.6. The number of piperazine rings is 2. The Hall–Kier alpha value is -8.73. The molecule has 27 heteroatoms. The van der Waals surface area contributed by atoms with Gasteiger partial charge in [-0.3, -0.25) is 19.7 Å². The van der Waals surface area contributed by atoms with Crippen LogP contribution in [0.1, 0.15) is 87.5 Å². The Labute approximate surface area is 518 Å². The summed E-state index contributed by atoms with van der Waals surface area (Å²) >= 11 is 1.21. The topological polar surface area (TPSA) is 235 Å². The summed E-state index contributed by atoms with van der Waals surface area (Å²) in [6.07, 6.45) is 0.865. The molecule has 0 saturated carbocycles. The Morgan fingerprint density at radius 2 is 1.11 bits per heavy atom. The summed E-state index contributed by atoms with van der Waals surface area (Å²) in [5.41, 5.74) is 5.41. The molecular formula is C61H59F4LiN12O9S. The number of benzene rings is 4. The molecule has 6 aliphatic rings. The van der Waals surface area contributed by atoms with Gasteiger partial charge in [0.25, 0.3) is 17.7 Å². The molecule has 88 heavy (non-hydrogen) atoms. The SMILES string of the molecule is CC(C)(C)OC(=O)N1CCN(c2ccc(-c3cc(F)c4c(c3)C(=O)N(C(C(=O)[O-])c3ncn5c3C[C@@H](F)C5)C4)cc2)CC1.O=C(Nc1nccs1)C(c1ncn2c1C[C@@H](F)C2)N1Cc2c(F)cc(-c3ccc(N4CCN(C(=O)O)CC4)cc3)cc2C1=O.[Li+]. The van der Waals surface area contributed by atoms with E-state index in [1.807, 2.05) is 69.3 Å². The van der Waals surface area contributed by atoms with Crippen LogP contribution in [-0.4, -0.2) is 155 Å². The van der Waals surface area contributed by atoms with Crippen molar-refractivity contribution in [3.63, 3.8) is 0 Å². The van der Waals surface area contributed by atoms with Crippen molar-refractivity contribution >= 4 is 63.7 Å². The first-order valence-corrected chi connectivity index (χ1v) is 29.2. The fourth-order valence-electron chi connectivity index (χ4n) is 12.2. The van der Waals surface area contributed by atoms with Crippen LogP contribution in [0.25, 0.3) is 22.3 Å². The molecule has 2 fully saturated rings. The van der Waals surface area contributed by atoms with Crippen LogP contribution in [0, 0.1) is 11.6 Å². The van der Waals surface area contributed by atoms with Crippen molar-refractivity contribution in [1.82, 2.24) is 43.7 Å². The summed E-state index contributed by atoms with van der Waals surface area (Å²) < 4.78 is 67.9. The van der Waals surface area contributed by atoms with Gasteiger partial charge in [-0.1, -0.05) is 24.3 Å². The third-order valence-corrected chi connectivity index (χ3v) is 17.2. The molecule has 3 aromatic heterocycles. The van der Waals surface area contributed by atoms with Gasteiger partial charge in [0.2, 0.25) is 0 Å². The summed E-state index contributed by atoms with van der Waals surface area (Å²) in [4.78, 5) is 99.1. The third-order valence-electron chi connectivity index (χ3n) is 16.5. The van der Waals surface area contributed by atoms with E-state index < -0.39 is 71.4 Å². The summed E-state index contributed by atoms with van der Waals surface area (Å²) in [5.74, 6) is -4.49. The van der Waals surface area contributed by atoms with Gasteiger partial charge in [0.1, 0.15) is 35.6 Å². The Morgan fingerprint density at radius 1 is 0.659 bits per heavy atom. The van der Waals surface area contributed by atoms with E-state index in [0.717, 1.165) is 16.3 Å². The minimum atomic E-state index is -1.57. The van der Waals surface area contributed by atoms with Crippen LogP contribution in [0.2, 0.25) is 0 Å². The molecule has 21 nitrogen and oxygen atoms in total. The summed E-state index contributed by atoms with van der Waals surface area (Å²) in [7, 11) is 0. The molecule has 13 rings (SSSR count). The number of imidazole rings is 2. The second-order valence-corrected chi connectivity index (χ2v) is 24.0. The fourth-order valence-corrected chi connectivity index (χ4v) is 12.7. The molecule has 0 bridgehead atoms. The van der Waals surface area contributed by atoms with Crippen LogP contribution in [0.3, 0.4) is 0 Å². The quantitative estimate of drug-likeness (QED) is 0.136. The van der Waals surface area contributed by atoms with Crippen molar-refractivity contribution in [3.8, 4) is 22.3 Å². The number of halogens is 4. The van der Waals surface area contributed by atoms with E-state index in [4.69, 9.17) is 4.74 Å². The smallest absolute Gasteiger partial charge is 0.547 e. The number of carbonyl (C=O) groups excluding carboxylic acids is 5. The van der Waals surface area contributed by atoms with Gasteiger partial charge in [-0.05, 0) is 91.6 Å². The maximum atomic E-state index is 15.6. The van der Waals surface area contributed by atoms with Crippen molar-refractivity contribution in [1.29, 1.82) is 0 Å². The number of carboxylic acid groups (broad SMARTS) is 2.